The lowest BCUT2D eigenvalue weighted by atomic mass is 10.1. The Morgan fingerprint density at radius 3 is 2.76 bits per heavy atom. The highest BCUT2D eigenvalue weighted by atomic mass is 16.5. The number of hydrogen-bond donors (Lipinski definition) is 2. The molecular weight excluding hydrogens is 368 g/mol. The van der Waals surface area contributed by atoms with Crippen LogP contribution in [0.4, 0.5) is 4.79 Å². The predicted octanol–water partition coefficient (Wildman–Crippen LogP) is 3.55. The standard InChI is InChI=1S/C22H24N4O3/c1-15(17-3-6-19(7-4-17)26-10-9-23-16(26)2)24-22(28)25-11-12-29-21-13-20(27)8-5-18(21)14-25/h3-10,13,15,27H,11-12,14H2,1-2H3,(H,24,28). The largest absolute Gasteiger partial charge is 0.508 e. The molecule has 3 aromatic rings. The summed E-state index contributed by atoms with van der Waals surface area (Å²) in [5.41, 5.74) is 2.94. The fourth-order valence-electron chi connectivity index (χ4n) is 3.47. The number of carbonyl (C=O) groups excluding carboxylic acids is 1. The summed E-state index contributed by atoms with van der Waals surface area (Å²) < 4.78 is 7.68. The van der Waals surface area contributed by atoms with Gasteiger partial charge in [-0.05, 0) is 43.7 Å². The first-order valence-electron chi connectivity index (χ1n) is 9.61. The van der Waals surface area contributed by atoms with Crippen LogP contribution in [0.3, 0.4) is 0 Å². The zero-order valence-electron chi connectivity index (χ0n) is 16.5. The summed E-state index contributed by atoms with van der Waals surface area (Å²) in [6.07, 6.45) is 3.70. The zero-order chi connectivity index (χ0) is 20.4. The Labute approximate surface area is 169 Å². The maximum Gasteiger partial charge on any atom is 0.318 e. The van der Waals surface area contributed by atoms with E-state index in [4.69, 9.17) is 4.74 Å². The SMILES string of the molecule is Cc1nccn1-c1ccc(C(C)NC(=O)N2CCOc3cc(O)ccc3C2)cc1. The Morgan fingerprint density at radius 2 is 2.03 bits per heavy atom. The number of nitrogens with zero attached hydrogens (tertiary/aromatic N) is 3. The van der Waals surface area contributed by atoms with Gasteiger partial charge in [-0.3, -0.25) is 0 Å². The Kier molecular flexibility index (Phi) is 5.12. The molecule has 2 N–H and O–H groups in total. The molecule has 150 valence electrons. The number of nitrogens with one attached hydrogen (secondary N) is 1. The van der Waals surface area contributed by atoms with Crippen molar-refractivity contribution in [3.8, 4) is 17.2 Å². The van der Waals surface area contributed by atoms with Crippen LogP contribution in [0.25, 0.3) is 5.69 Å². The normalized spacial score (nSPS) is 14.5. The third-order valence-electron chi connectivity index (χ3n) is 5.15. The molecule has 0 aliphatic carbocycles. The number of urea groups is 1. The van der Waals surface area contributed by atoms with Crippen LogP contribution in [0.5, 0.6) is 11.5 Å². The average molecular weight is 392 g/mol. The minimum atomic E-state index is -0.142. The second-order valence-corrected chi connectivity index (χ2v) is 7.17. The van der Waals surface area contributed by atoms with Crippen LogP contribution in [0.1, 0.15) is 29.9 Å². The third kappa shape index (κ3) is 4.03. The first kappa shape index (κ1) is 18.9. The smallest absolute Gasteiger partial charge is 0.318 e. The van der Waals surface area contributed by atoms with Gasteiger partial charge in [0.1, 0.15) is 23.9 Å². The summed E-state index contributed by atoms with van der Waals surface area (Å²) in [4.78, 5) is 18.8. The first-order chi connectivity index (χ1) is 14.0. The van der Waals surface area contributed by atoms with E-state index in [1.165, 1.54) is 0 Å². The van der Waals surface area contributed by atoms with Crippen molar-refractivity contribution in [2.45, 2.75) is 26.4 Å². The molecule has 1 aliphatic heterocycles. The number of aromatic hydroxyl groups is 1. The molecule has 7 heteroatoms. The van der Waals surface area contributed by atoms with Crippen molar-refractivity contribution in [2.75, 3.05) is 13.2 Å². The van der Waals surface area contributed by atoms with Gasteiger partial charge in [-0.15, -0.1) is 0 Å². The van der Waals surface area contributed by atoms with Crippen molar-refractivity contribution < 1.29 is 14.6 Å². The van der Waals surface area contributed by atoms with Gasteiger partial charge >= 0.3 is 6.03 Å². The van der Waals surface area contributed by atoms with Crippen molar-refractivity contribution in [2.24, 2.45) is 0 Å². The summed E-state index contributed by atoms with van der Waals surface area (Å²) in [5.74, 6) is 1.71. The van der Waals surface area contributed by atoms with Gasteiger partial charge in [0.15, 0.2) is 0 Å². The number of rotatable bonds is 3. The Morgan fingerprint density at radius 1 is 1.24 bits per heavy atom. The molecule has 0 fully saturated rings. The number of carbonyl (C=O) groups is 1. The molecule has 1 aromatic heterocycles. The highest BCUT2D eigenvalue weighted by molar-refractivity contribution is 5.75. The lowest BCUT2D eigenvalue weighted by molar-refractivity contribution is 0.184. The minimum absolute atomic E-state index is 0.135. The van der Waals surface area contributed by atoms with Crippen LogP contribution in [-0.2, 0) is 6.54 Å². The highest BCUT2D eigenvalue weighted by Crippen LogP contribution is 2.27. The number of phenols is 1. The summed E-state index contributed by atoms with van der Waals surface area (Å²) in [7, 11) is 0. The molecule has 4 rings (SSSR count). The van der Waals surface area contributed by atoms with Gasteiger partial charge in [0.25, 0.3) is 0 Å². The van der Waals surface area contributed by atoms with E-state index in [9.17, 15) is 9.90 Å². The highest BCUT2D eigenvalue weighted by Gasteiger charge is 2.21. The number of aryl methyl sites for hydroxylation is 1. The van der Waals surface area contributed by atoms with Gasteiger partial charge in [0.2, 0.25) is 0 Å². The fourth-order valence-corrected chi connectivity index (χ4v) is 3.47. The zero-order valence-corrected chi connectivity index (χ0v) is 16.5. The molecule has 7 nitrogen and oxygen atoms in total. The number of aromatic nitrogens is 2. The number of phenolic OH excluding ortho intramolecular Hbond substituents is 1. The Bertz CT molecular complexity index is 1010. The lowest BCUT2D eigenvalue weighted by Gasteiger charge is -2.23. The molecule has 1 unspecified atom stereocenters. The topological polar surface area (TPSA) is 79.6 Å². The molecule has 2 aromatic carbocycles. The molecule has 0 bridgehead atoms. The summed E-state index contributed by atoms with van der Waals surface area (Å²) in [6.45, 7) is 5.23. The quantitative estimate of drug-likeness (QED) is 0.714. The lowest BCUT2D eigenvalue weighted by Crippen LogP contribution is -2.41. The molecule has 2 amide bonds. The van der Waals surface area contributed by atoms with Crippen LogP contribution in [-0.4, -0.2) is 38.7 Å². The van der Waals surface area contributed by atoms with E-state index in [-0.39, 0.29) is 17.8 Å². The van der Waals surface area contributed by atoms with Crippen LogP contribution in [0, 0.1) is 6.92 Å². The van der Waals surface area contributed by atoms with E-state index in [1.807, 2.05) is 48.9 Å². The number of ether oxygens (including phenoxy) is 1. The van der Waals surface area contributed by atoms with Crippen molar-refractivity contribution in [1.29, 1.82) is 0 Å². The molecule has 29 heavy (non-hydrogen) atoms. The van der Waals surface area contributed by atoms with Crippen molar-refractivity contribution >= 4 is 6.03 Å². The number of fused-ring (bicyclic) bond motifs is 1. The average Bonchev–Trinajstić information content (AvgIpc) is 3.02. The third-order valence-corrected chi connectivity index (χ3v) is 5.15. The maximum atomic E-state index is 12.8. The molecule has 1 atom stereocenters. The van der Waals surface area contributed by atoms with Gasteiger partial charge < -0.3 is 24.6 Å². The van der Waals surface area contributed by atoms with E-state index in [0.29, 0.717) is 25.4 Å². The van der Waals surface area contributed by atoms with Gasteiger partial charge in [0.05, 0.1) is 19.1 Å². The van der Waals surface area contributed by atoms with Gasteiger partial charge in [-0.25, -0.2) is 9.78 Å². The summed E-state index contributed by atoms with van der Waals surface area (Å²) in [5, 5.41) is 12.7. The Hall–Kier alpha value is -3.48. The summed E-state index contributed by atoms with van der Waals surface area (Å²) in [6, 6.07) is 12.8. The Balaban J connectivity index is 1.42. The fraction of sp³-hybridized carbons (Fsp3) is 0.273. The molecule has 0 saturated heterocycles. The van der Waals surface area contributed by atoms with Gasteiger partial charge in [0, 0.05) is 29.7 Å². The number of hydrogen-bond acceptors (Lipinski definition) is 4. The van der Waals surface area contributed by atoms with Gasteiger partial charge in [-0.1, -0.05) is 12.1 Å². The second-order valence-electron chi connectivity index (χ2n) is 7.17. The second kappa shape index (κ2) is 7.87. The van der Waals surface area contributed by atoms with Crippen LogP contribution in [0.2, 0.25) is 0 Å². The molecule has 1 aliphatic rings. The van der Waals surface area contributed by atoms with E-state index >= 15 is 0 Å². The molecule has 0 saturated carbocycles. The van der Waals surface area contributed by atoms with Crippen LogP contribution >= 0.6 is 0 Å². The van der Waals surface area contributed by atoms with E-state index in [2.05, 4.69) is 10.3 Å². The molecule has 0 radical (unpaired) electrons. The van der Waals surface area contributed by atoms with E-state index < -0.39 is 0 Å². The molecule has 0 spiro atoms. The van der Waals surface area contributed by atoms with Crippen LogP contribution in [0.15, 0.2) is 54.9 Å². The summed E-state index contributed by atoms with van der Waals surface area (Å²) >= 11 is 0. The van der Waals surface area contributed by atoms with Crippen molar-refractivity contribution in [1.82, 2.24) is 19.8 Å². The maximum absolute atomic E-state index is 12.8. The van der Waals surface area contributed by atoms with Crippen LogP contribution < -0.4 is 10.1 Å². The minimum Gasteiger partial charge on any atom is -0.508 e. The van der Waals surface area contributed by atoms with Crippen molar-refractivity contribution in [3.63, 3.8) is 0 Å². The predicted molar refractivity (Wildman–Crippen MR) is 109 cm³/mol. The number of amides is 2. The van der Waals surface area contributed by atoms with E-state index in [0.717, 1.165) is 22.6 Å². The van der Waals surface area contributed by atoms with E-state index in [1.54, 1.807) is 29.3 Å². The van der Waals surface area contributed by atoms with Gasteiger partial charge in [-0.2, -0.15) is 0 Å². The molecule has 2 heterocycles. The molecular formula is C22H24N4O3. The number of benzene rings is 2. The van der Waals surface area contributed by atoms with Crippen molar-refractivity contribution in [3.05, 3.63) is 71.8 Å². The monoisotopic (exact) mass is 392 g/mol. The number of imidazole rings is 1. The first-order valence-corrected chi connectivity index (χ1v) is 9.61.